The Labute approximate surface area is 267 Å². The van der Waals surface area contributed by atoms with Crippen LogP contribution in [0.15, 0.2) is 120 Å². The molecule has 1 amide bonds. The van der Waals surface area contributed by atoms with E-state index in [1.807, 2.05) is 86.6 Å². The number of anilines is 3. The molecular formula is C35H29Cl2N3O3S. The Bertz CT molecular complexity index is 1950. The van der Waals surface area contributed by atoms with E-state index in [1.54, 1.807) is 35.2 Å². The molecule has 0 aromatic heterocycles. The van der Waals surface area contributed by atoms with Crippen LogP contribution in [0.25, 0.3) is 0 Å². The van der Waals surface area contributed by atoms with Gasteiger partial charge in [0.15, 0.2) is 0 Å². The van der Waals surface area contributed by atoms with E-state index in [0.29, 0.717) is 39.2 Å². The van der Waals surface area contributed by atoms with Gasteiger partial charge < -0.3 is 4.90 Å². The monoisotopic (exact) mass is 641 g/mol. The van der Waals surface area contributed by atoms with Gasteiger partial charge in [0.1, 0.15) is 6.17 Å². The van der Waals surface area contributed by atoms with Gasteiger partial charge in [-0.1, -0.05) is 95.0 Å². The second-order valence-corrected chi connectivity index (χ2v) is 13.3. The predicted octanol–water partition coefficient (Wildman–Crippen LogP) is 8.78. The second kappa shape index (κ2) is 12.0. The third kappa shape index (κ3) is 5.91. The van der Waals surface area contributed by atoms with Gasteiger partial charge in [-0.15, -0.1) is 0 Å². The summed E-state index contributed by atoms with van der Waals surface area (Å²) in [5.74, 6) is -0.350. The number of halogens is 2. The molecule has 5 aromatic rings. The van der Waals surface area contributed by atoms with Crippen LogP contribution in [0, 0.1) is 13.8 Å². The third-order valence-electron chi connectivity index (χ3n) is 7.63. The Morgan fingerprint density at radius 3 is 2.09 bits per heavy atom. The van der Waals surface area contributed by atoms with Crippen LogP contribution in [0.5, 0.6) is 0 Å². The van der Waals surface area contributed by atoms with Gasteiger partial charge in [-0.2, -0.15) is 0 Å². The molecule has 1 heterocycles. The van der Waals surface area contributed by atoms with E-state index < -0.39 is 16.2 Å². The molecule has 1 atom stereocenters. The Balaban J connectivity index is 1.54. The first-order valence-corrected chi connectivity index (χ1v) is 16.2. The first-order chi connectivity index (χ1) is 21.1. The standard InChI is InChI=1S/C35H29Cl2N3O3S/c1-23-8-13-27(14-9-23)38-44(42,43)29-17-19-33-31(21-29)35(41)40(28-15-10-24(2)11-16-28)34(30-18-12-26(36)20-32(30)37)39(33)22-25-6-4-3-5-7-25/h3-21,34,38H,22H2,1-2H3/t34-/m1/s1. The number of carbonyl (C=O) groups is 1. The average molecular weight is 643 g/mol. The van der Waals surface area contributed by atoms with E-state index >= 15 is 0 Å². The summed E-state index contributed by atoms with van der Waals surface area (Å²) in [4.78, 5) is 18.3. The quantitative estimate of drug-likeness (QED) is 0.193. The van der Waals surface area contributed by atoms with Gasteiger partial charge in [0.05, 0.1) is 16.1 Å². The van der Waals surface area contributed by atoms with Crippen LogP contribution in [-0.2, 0) is 16.6 Å². The van der Waals surface area contributed by atoms with Crippen molar-refractivity contribution in [3.63, 3.8) is 0 Å². The van der Waals surface area contributed by atoms with Gasteiger partial charge in [0.2, 0.25) is 0 Å². The fourth-order valence-corrected chi connectivity index (χ4v) is 6.98. The molecule has 1 N–H and O–H groups in total. The van der Waals surface area contributed by atoms with Crippen LogP contribution in [0.2, 0.25) is 10.0 Å². The van der Waals surface area contributed by atoms with Crippen LogP contribution >= 0.6 is 23.2 Å². The smallest absolute Gasteiger partial charge is 0.262 e. The van der Waals surface area contributed by atoms with Crippen molar-refractivity contribution in [3.05, 3.63) is 153 Å². The molecule has 5 aromatic carbocycles. The number of fused-ring (bicyclic) bond motifs is 1. The lowest BCUT2D eigenvalue weighted by molar-refractivity contribution is 0.0968. The van der Waals surface area contributed by atoms with Crippen LogP contribution in [-0.4, -0.2) is 14.3 Å². The maximum Gasteiger partial charge on any atom is 0.262 e. The van der Waals surface area contributed by atoms with Crippen molar-refractivity contribution in [1.29, 1.82) is 0 Å². The molecule has 0 radical (unpaired) electrons. The molecule has 0 saturated heterocycles. The number of hydrogen-bond donors (Lipinski definition) is 1. The van der Waals surface area contributed by atoms with E-state index in [9.17, 15) is 13.2 Å². The number of hydrogen-bond acceptors (Lipinski definition) is 4. The topological polar surface area (TPSA) is 69.7 Å². The van der Waals surface area contributed by atoms with Gasteiger partial charge in [-0.05, 0) is 74.0 Å². The van der Waals surface area contributed by atoms with Crippen LogP contribution in [0.3, 0.4) is 0 Å². The number of rotatable bonds is 7. The van der Waals surface area contributed by atoms with Crippen LogP contribution in [0.1, 0.15) is 38.8 Å². The molecule has 0 unspecified atom stereocenters. The van der Waals surface area contributed by atoms with Gasteiger partial charge in [-0.3, -0.25) is 14.4 Å². The number of benzene rings is 5. The highest BCUT2D eigenvalue weighted by Crippen LogP contribution is 2.45. The van der Waals surface area contributed by atoms with Gasteiger partial charge in [0.25, 0.3) is 15.9 Å². The number of sulfonamides is 1. The number of aryl methyl sites for hydroxylation is 2. The fourth-order valence-electron chi connectivity index (χ4n) is 5.39. The van der Waals surface area contributed by atoms with Gasteiger partial charge in [0, 0.05) is 33.5 Å². The predicted molar refractivity (Wildman–Crippen MR) is 178 cm³/mol. The zero-order chi connectivity index (χ0) is 31.0. The van der Waals surface area contributed by atoms with Crippen LogP contribution in [0.4, 0.5) is 17.1 Å². The molecule has 0 bridgehead atoms. The summed E-state index contributed by atoms with van der Waals surface area (Å²) >= 11 is 13.1. The van der Waals surface area contributed by atoms with E-state index in [0.717, 1.165) is 16.7 Å². The minimum atomic E-state index is -4.00. The van der Waals surface area contributed by atoms with E-state index in [4.69, 9.17) is 23.2 Å². The van der Waals surface area contributed by atoms with Crippen molar-refractivity contribution in [1.82, 2.24) is 0 Å². The summed E-state index contributed by atoms with van der Waals surface area (Å²) in [5, 5.41) is 0.893. The van der Waals surface area contributed by atoms with Crippen molar-refractivity contribution < 1.29 is 13.2 Å². The Morgan fingerprint density at radius 1 is 0.773 bits per heavy atom. The zero-order valence-electron chi connectivity index (χ0n) is 24.0. The number of nitrogens with one attached hydrogen (secondary N) is 1. The number of amides is 1. The molecular weight excluding hydrogens is 613 g/mol. The highest BCUT2D eigenvalue weighted by molar-refractivity contribution is 7.92. The van der Waals surface area contributed by atoms with Crippen LogP contribution < -0.4 is 14.5 Å². The largest absolute Gasteiger partial charge is 0.342 e. The number of nitrogens with zero attached hydrogens (tertiary/aromatic N) is 2. The maximum absolute atomic E-state index is 14.6. The molecule has 1 aliphatic heterocycles. The van der Waals surface area contributed by atoms with Crippen molar-refractivity contribution in [2.45, 2.75) is 31.5 Å². The highest BCUT2D eigenvalue weighted by Gasteiger charge is 2.41. The Hall–Kier alpha value is -4.30. The normalized spacial score (nSPS) is 14.8. The van der Waals surface area contributed by atoms with E-state index in [2.05, 4.69) is 9.62 Å². The van der Waals surface area contributed by atoms with Crippen molar-refractivity contribution >= 4 is 56.2 Å². The van der Waals surface area contributed by atoms with E-state index in [1.165, 1.54) is 12.1 Å². The lowest BCUT2D eigenvalue weighted by Crippen LogP contribution is -2.49. The Morgan fingerprint density at radius 2 is 1.43 bits per heavy atom. The molecule has 44 heavy (non-hydrogen) atoms. The van der Waals surface area contributed by atoms with E-state index in [-0.39, 0.29) is 16.4 Å². The molecule has 6 nitrogen and oxygen atoms in total. The first kappa shape index (κ1) is 29.8. The molecule has 0 spiro atoms. The SMILES string of the molecule is Cc1ccc(NS(=O)(=O)c2ccc3c(c2)C(=O)N(c2ccc(C)cc2)[C@H](c2ccc(Cl)cc2Cl)N3Cc2ccccc2)cc1. The zero-order valence-corrected chi connectivity index (χ0v) is 26.4. The molecule has 1 aliphatic rings. The summed E-state index contributed by atoms with van der Waals surface area (Å²) in [6, 6.07) is 34.5. The van der Waals surface area contributed by atoms with Crippen molar-refractivity contribution in [2.24, 2.45) is 0 Å². The van der Waals surface area contributed by atoms with Gasteiger partial charge in [-0.25, -0.2) is 8.42 Å². The molecule has 0 saturated carbocycles. The second-order valence-electron chi connectivity index (χ2n) is 10.8. The summed E-state index contributed by atoms with van der Waals surface area (Å²) in [5.41, 5.74) is 5.67. The third-order valence-corrected chi connectivity index (χ3v) is 9.57. The maximum atomic E-state index is 14.6. The number of carbonyl (C=O) groups excluding carboxylic acids is 1. The lowest BCUT2D eigenvalue weighted by atomic mass is 9.98. The summed E-state index contributed by atoms with van der Waals surface area (Å²) in [6.07, 6.45) is -0.657. The summed E-state index contributed by atoms with van der Waals surface area (Å²) in [7, 11) is -4.00. The minimum absolute atomic E-state index is 0.0170. The van der Waals surface area contributed by atoms with Crippen molar-refractivity contribution in [3.8, 4) is 0 Å². The fraction of sp³-hybridized carbons (Fsp3) is 0.114. The highest BCUT2D eigenvalue weighted by atomic mass is 35.5. The molecule has 0 fully saturated rings. The minimum Gasteiger partial charge on any atom is -0.342 e. The molecule has 0 aliphatic carbocycles. The molecule has 222 valence electrons. The average Bonchev–Trinajstić information content (AvgIpc) is 3.01. The molecule has 6 rings (SSSR count). The Kier molecular flexibility index (Phi) is 8.12. The lowest BCUT2D eigenvalue weighted by Gasteiger charge is -2.46. The van der Waals surface area contributed by atoms with Gasteiger partial charge >= 0.3 is 0 Å². The molecule has 9 heteroatoms. The summed E-state index contributed by atoms with van der Waals surface area (Å²) in [6.45, 7) is 4.32. The first-order valence-electron chi connectivity index (χ1n) is 14.0. The van der Waals surface area contributed by atoms with Crippen molar-refractivity contribution in [2.75, 3.05) is 14.5 Å². The summed E-state index contributed by atoms with van der Waals surface area (Å²) < 4.78 is 29.7.